The third kappa shape index (κ3) is 3.47. The molecule has 0 N–H and O–H groups in total. The maximum absolute atomic E-state index is 13.0. The summed E-state index contributed by atoms with van der Waals surface area (Å²) >= 11 is 0. The molecule has 2 heterocycles. The first kappa shape index (κ1) is 17.4. The van der Waals surface area contributed by atoms with E-state index >= 15 is 0 Å². The summed E-state index contributed by atoms with van der Waals surface area (Å²) < 4.78 is 43.9. The topological polar surface area (TPSA) is 60.8 Å². The number of nitrogens with zero attached hydrogens (tertiary/aromatic N) is 4. The first-order valence-corrected chi connectivity index (χ1v) is 8.32. The van der Waals surface area contributed by atoms with E-state index in [1.165, 1.54) is 19.2 Å². The molecule has 0 unspecified atom stereocenters. The van der Waals surface area contributed by atoms with Gasteiger partial charge in [-0.15, -0.1) is 0 Å². The van der Waals surface area contributed by atoms with E-state index in [1.807, 2.05) is 0 Å². The molecule has 138 valence electrons. The van der Waals surface area contributed by atoms with Crippen LogP contribution in [0.3, 0.4) is 0 Å². The number of alkyl halides is 3. The fourth-order valence-corrected chi connectivity index (χ4v) is 3.16. The zero-order chi connectivity index (χ0) is 19.0. The standard InChI is InChI=1S/C19H15F3N4O/c1-27-16-7-11(3-4-15(16)19(20,21)22)13-8-14(13)12-9-25-18(26-10-12)17-23-5-2-6-24-17/h2-7,9-10,13-14H,8H2,1H3/t13-,14+/m1/s1. The van der Waals surface area contributed by atoms with Crippen LogP contribution < -0.4 is 4.74 Å². The van der Waals surface area contributed by atoms with Crippen LogP contribution in [-0.2, 0) is 6.18 Å². The molecule has 4 rings (SSSR count). The van der Waals surface area contributed by atoms with E-state index < -0.39 is 11.7 Å². The minimum absolute atomic E-state index is 0.128. The SMILES string of the molecule is COc1cc([C@H]2C[C@H]2c2cnc(-c3ncccn3)nc2)ccc1C(F)(F)F. The van der Waals surface area contributed by atoms with Crippen molar-refractivity contribution >= 4 is 0 Å². The molecule has 2 atom stereocenters. The lowest BCUT2D eigenvalue weighted by molar-refractivity contribution is -0.138. The van der Waals surface area contributed by atoms with Gasteiger partial charge in [0.1, 0.15) is 5.75 Å². The number of ether oxygens (including phenoxy) is 1. The molecule has 3 aromatic rings. The second-order valence-electron chi connectivity index (χ2n) is 6.32. The summed E-state index contributed by atoms with van der Waals surface area (Å²) in [6.07, 6.45) is 3.09. The predicted molar refractivity (Wildman–Crippen MR) is 91.2 cm³/mol. The summed E-state index contributed by atoms with van der Waals surface area (Å²) in [6, 6.07) is 5.78. The number of hydrogen-bond acceptors (Lipinski definition) is 5. The Kier molecular flexibility index (Phi) is 4.25. The van der Waals surface area contributed by atoms with Gasteiger partial charge < -0.3 is 4.74 Å². The van der Waals surface area contributed by atoms with Crippen molar-refractivity contribution < 1.29 is 17.9 Å². The van der Waals surface area contributed by atoms with Crippen molar-refractivity contribution in [2.24, 2.45) is 0 Å². The van der Waals surface area contributed by atoms with Crippen LogP contribution in [0.1, 0.15) is 34.9 Å². The fraction of sp³-hybridized carbons (Fsp3) is 0.263. The zero-order valence-corrected chi connectivity index (χ0v) is 14.3. The minimum Gasteiger partial charge on any atom is -0.496 e. The van der Waals surface area contributed by atoms with E-state index in [2.05, 4.69) is 19.9 Å². The van der Waals surface area contributed by atoms with Crippen LogP contribution in [0.2, 0.25) is 0 Å². The van der Waals surface area contributed by atoms with Gasteiger partial charge in [0.15, 0.2) is 11.6 Å². The molecular formula is C19H15F3N4O. The Hall–Kier alpha value is -3.03. The lowest BCUT2D eigenvalue weighted by atomic mass is 10.0. The number of rotatable bonds is 4. The van der Waals surface area contributed by atoms with Crippen molar-refractivity contribution in [3.05, 3.63) is 65.7 Å². The first-order chi connectivity index (χ1) is 13.0. The quantitative estimate of drug-likeness (QED) is 0.686. The lowest BCUT2D eigenvalue weighted by Gasteiger charge is -2.13. The smallest absolute Gasteiger partial charge is 0.419 e. The Labute approximate surface area is 153 Å². The van der Waals surface area contributed by atoms with Gasteiger partial charge in [0.05, 0.1) is 12.7 Å². The summed E-state index contributed by atoms with van der Waals surface area (Å²) in [5.41, 5.74) is 1.00. The van der Waals surface area contributed by atoms with E-state index in [9.17, 15) is 13.2 Å². The van der Waals surface area contributed by atoms with Crippen LogP contribution >= 0.6 is 0 Å². The van der Waals surface area contributed by atoms with Crippen molar-refractivity contribution in [3.63, 3.8) is 0 Å². The largest absolute Gasteiger partial charge is 0.496 e. The Bertz CT molecular complexity index is 945. The van der Waals surface area contributed by atoms with Crippen molar-refractivity contribution in [1.82, 2.24) is 19.9 Å². The average Bonchev–Trinajstić information content (AvgIpc) is 3.48. The van der Waals surface area contributed by atoms with Gasteiger partial charge in [0.25, 0.3) is 0 Å². The molecule has 0 spiro atoms. The van der Waals surface area contributed by atoms with Gasteiger partial charge in [-0.1, -0.05) is 6.07 Å². The molecule has 1 aromatic carbocycles. The molecule has 1 saturated carbocycles. The van der Waals surface area contributed by atoms with Crippen LogP contribution in [0, 0.1) is 0 Å². The highest BCUT2D eigenvalue weighted by molar-refractivity contribution is 5.46. The summed E-state index contributed by atoms with van der Waals surface area (Å²) in [4.78, 5) is 16.8. The van der Waals surface area contributed by atoms with Gasteiger partial charge in [-0.05, 0) is 47.6 Å². The van der Waals surface area contributed by atoms with Gasteiger partial charge in [0.2, 0.25) is 0 Å². The number of methoxy groups -OCH3 is 1. The van der Waals surface area contributed by atoms with E-state index in [-0.39, 0.29) is 17.6 Å². The monoisotopic (exact) mass is 372 g/mol. The van der Waals surface area contributed by atoms with Crippen LogP contribution in [0.5, 0.6) is 5.75 Å². The lowest BCUT2D eigenvalue weighted by Crippen LogP contribution is -2.07. The molecule has 1 aliphatic rings. The molecule has 2 aromatic heterocycles. The number of halogens is 3. The van der Waals surface area contributed by atoms with E-state index in [0.29, 0.717) is 11.6 Å². The second kappa shape index (κ2) is 6.61. The summed E-state index contributed by atoms with van der Waals surface area (Å²) in [7, 11) is 1.25. The molecule has 27 heavy (non-hydrogen) atoms. The van der Waals surface area contributed by atoms with Gasteiger partial charge in [-0.2, -0.15) is 13.2 Å². The third-order valence-corrected chi connectivity index (χ3v) is 4.62. The van der Waals surface area contributed by atoms with Crippen LogP contribution in [0.25, 0.3) is 11.6 Å². The second-order valence-corrected chi connectivity index (χ2v) is 6.32. The zero-order valence-electron chi connectivity index (χ0n) is 14.3. The highest BCUT2D eigenvalue weighted by Gasteiger charge is 2.41. The van der Waals surface area contributed by atoms with Crippen LogP contribution in [0.15, 0.2) is 49.1 Å². The first-order valence-electron chi connectivity index (χ1n) is 8.32. The normalized spacial score (nSPS) is 19.0. The number of hydrogen-bond donors (Lipinski definition) is 0. The Morgan fingerprint density at radius 3 is 2.19 bits per heavy atom. The Morgan fingerprint density at radius 1 is 0.926 bits per heavy atom. The van der Waals surface area contributed by atoms with Gasteiger partial charge in [-0.3, -0.25) is 0 Å². The average molecular weight is 372 g/mol. The van der Waals surface area contributed by atoms with Crippen molar-refractivity contribution in [2.75, 3.05) is 7.11 Å². The maximum atomic E-state index is 13.0. The predicted octanol–water partition coefficient (Wildman–Crippen LogP) is 4.23. The van der Waals surface area contributed by atoms with Gasteiger partial charge >= 0.3 is 6.18 Å². The number of benzene rings is 1. The molecule has 1 aliphatic carbocycles. The molecule has 8 heteroatoms. The highest BCUT2D eigenvalue weighted by atomic mass is 19.4. The molecular weight excluding hydrogens is 357 g/mol. The minimum atomic E-state index is -4.43. The fourth-order valence-electron chi connectivity index (χ4n) is 3.16. The molecule has 0 radical (unpaired) electrons. The molecule has 0 aliphatic heterocycles. The molecule has 0 saturated heterocycles. The van der Waals surface area contributed by atoms with Crippen LogP contribution in [0.4, 0.5) is 13.2 Å². The molecule has 0 bridgehead atoms. The number of aromatic nitrogens is 4. The third-order valence-electron chi connectivity index (χ3n) is 4.62. The maximum Gasteiger partial charge on any atom is 0.419 e. The molecule has 0 amide bonds. The highest BCUT2D eigenvalue weighted by Crippen LogP contribution is 2.55. The van der Waals surface area contributed by atoms with Crippen molar-refractivity contribution in [3.8, 4) is 17.4 Å². The van der Waals surface area contributed by atoms with E-state index in [0.717, 1.165) is 23.6 Å². The summed E-state index contributed by atoms with van der Waals surface area (Å²) in [6.45, 7) is 0. The van der Waals surface area contributed by atoms with Gasteiger partial charge in [-0.25, -0.2) is 19.9 Å². The summed E-state index contributed by atoms with van der Waals surface area (Å²) in [5, 5.41) is 0. The van der Waals surface area contributed by atoms with Crippen molar-refractivity contribution in [2.45, 2.75) is 24.4 Å². The Balaban J connectivity index is 1.53. The molecule has 5 nitrogen and oxygen atoms in total. The van der Waals surface area contributed by atoms with Crippen molar-refractivity contribution in [1.29, 1.82) is 0 Å². The van der Waals surface area contributed by atoms with Crippen LogP contribution in [-0.4, -0.2) is 27.0 Å². The van der Waals surface area contributed by atoms with E-state index in [1.54, 1.807) is 30.9 Å². The van der Waals surface area contributed by atoms with E-state index in [4.69, 9.17) is 4.74 Å². The molecule has 1 fully saturated rings. The van der Waals surface area contributed by atoms with Gasteiger partial charge in [0, 0.05) is 24.8 Å². The Morgan fingerprint density at radius 2 is 1.56 bits per heavy atom. The summed E-state index contributed by atoms with van der Waals surface area (Å²) in [5.74, 6) is 1.04.